The van der Waals surface area contributed by atoms with Gasteiger partial charge in [0.05, 0.1) is 18.6 Å². The van der Waals surface area contributed by atoms with Crippen LogP contribution in [-0.4, -0.2) is 81.5 Å². The quantitative estimate of drug-likeness (QED) is 0.203. The summed E-state index contributed by atoms with van der Waals surface area (Å²) in [7, 11) is 0. The second-order valence-electron chi connectivity index (χ2n) is 8.22. The van der Waals surface area contributed by atoms with Gasteiger partial charge in [-0.1, -0.05) is 13.8 Å². The average molecular weight is 444 g/mol. The maximum Gasteiger partial charge on any atom is 0.326 e. The molecule has 8 N–H and O–H groups in total. The van der Waals surface area contributed by atoms with Gasteiger partial charge in [0, 0.05) is 6.54 Å². The van der Waals surface area contributed by atoms with Crippen LogP contribution >= 0.6 is 0 Å². The zero-order valence-corrected chi connectivity index (χ0v) is 18.0. The van der Waals surface area contributed by atoms with E-state index in [-0.39, 0.29) is 18.9 Å². The van der Waals surface area contributed by atoms with E-state index >= 15 is 0 Å². The Morgan fingerprint density at radius 3 is 2.23 bits per heavy atom. The van der Waals surface area contributed by atoms with E-state index in [4.69, 9.17) is 11.5 Å². The molecule has 0 unspecified atom stereocenters. The third kappa shape index (κ3) is 7.79. The van der Waals surface area contributed by atoms with E-state index < -0.39 is 66.3 Å². The third-order valence-electron chi connectivity index (χ3n) is 4.96. The Bertz CT molecular complexity index is 697. The predicted octanol–water partition coefficient (Wildman–Crippen LogP) is -2.34. The number of aliphatic hydroxyl groups excluding tert-OH is 1. The van der Waals surface area contributed by atoms with Crippen molar-refractivity contribution in [2.45, 2.75) is 76.7 Å². The molecule has 12 nitrogen and oxygen atoms in total. The number of nitrogens with two attached hydrogens (primary N) is 2. The molecule has 0 spiro atoms. The van der Waals surface area contributed by atoms with Gasteiger partial charge in [0.1, 0.15) is 18.1 Å². The molecule has 0 aromatic carbocycles. The monoisotopic (exact) mass is 443 g/mol. The van der Waals surface area contributed by atoms with Crippen LogP contribution in [0.1, 0.15) is 46.5 Å². The lowest BCUT2D eigenvalue weighted by Crippen LogP contribution is -2.59. The summed E-state index contributed by atoms with van der Waals surface area (Å²) in [5.74, 6) is -4.10. The minimum atomic E-state index is -1.40. The summed E-state index contributed by atoms with van der Waals surface area (Å²) in [6, 6.07) is -4.72. The van der Waals surface area contributed by atoms with E-state index in [0.29, 0.717) is 12.8 Å². The highest BCUT2D eigenvalue weighted by molar-refractivity contribution is 5.95. The topological polar surface area (TPSA) is 205 Å². The van der Waals surface area contributed by atoms with Gasteiger partial charge in [-0.25, -0.2) is 4.79 Å². The van der Waals surface area contributed by atoms with Crippen LogP contribution in [0.2, 0.25) is 0 Å². The maximum absolute atomic E-state index is 13.0. The molecule has 1 aliphatic heterocycles. The molecular weight excluding hydrogens is 410 g/mol. The number of carboxylic acids is 1. The number of carbonyl (C=O) groups is 5. The first-order valence-corrected chi connectivity index (χ1v) is 10.2. The Labute approximate surface area is 180 Å². The number of likely N-dealkylation sites (tertiary alicyclic amines) is 1. The van der Waals surface area contributed by atoms with Crippen molar-refractivity contribution in [1.29, 1.82) is 0 Å². The number of aliphatic hydroxyl groups is 1. The van der Waals surface area contributed by atoms with Crippen LogP contribution in [0.3, 0.4) is 0 Å². The van der Waals surface area contributed by atoms with Gasteiger partial charge in [-0.05, 0) is 32.1 Å². The molecule has 0 saturated carbocycles. The molecule has 4 amide bonds. The Hall–Kier alpha value is -2.73. The van der Waals surface area contributed by atoms with Crippen LogP contribution in [0.15, 0.2) is 0 Å². The zero-order chi connectivity index (χ0) is 23.9. The molecule has 0 radical (unpaired) electrons. The number of nitrogens with zero attached hydrogens (tertiary/aromatic N) is 1. The van der Waals surface area contributed by atoms with Gasteiger partial charge in [-0.3, -0.25) is 19.2 Å². The lowest BCUT2D eigenvalue weighted by Gasteiger charge is -2.31. The van der Waals surface area contributed by atoms with Gasteiger partial charge in [0.15, 0.2) is 0 Å². The van der Waals surface area contributed by atoms with E-state index in [0.717, 1.165) is 0 Å². The van der Waals surface area contributed by atoms with Crippen LogP contribution in [-0.2, 0) is 24.0 Å². The largest absolute Gasteiger partial charge is 0.480 e. The summed E-state index contributed by atoms with van der Waals surface area (Å²) in [6.07, 6.45) is -0.713. The minimum absolute atomic E-state index is 0.0298. The van der Waals surface area contributed by atoms with Gasteiger partial charge in [-0.15, -0.1) is 0 Å². The van der Waals surface area contributed by atoms with Crippen LogP contribution in [0.4, 0.5) is 0 Å². The number of carbonyl (C=O) groups excluding carboxylic acids is 4. The summed E-state index contributed by atoms with van der Waals surface area (Å²) in [6.45, 7) is 5.14. The molecule has 176 valence electrons. The summed E-state index contributed by atoms with van der Waals surface area (Å²) >= 11 is 0. The fourth-order valence-electron chi connectivity index (χ4n) is 3.40. The standard InChI is InChI=1S/C19H33N5O7/c1-9(2)7-12(19(30)31)22-17(28)13-5-4-6-24(13)18(29)15(10(3)25)23-16(27)11(20)8-14(21)26/h9-13,15,25H,4-8,20H2,1-3H3,(H2,21,26)(H,22,28)(H,23,27)(H,30,31)/t10-,11+,12+,13+,15+/m1/s1. The SMILES string of the molecule is CC(C)C[C@H](NC(=O)[C@@H]1CCCN1C(=O)[C@@H](NC(=O)[C@@H](N)CC(N)=O)[C@@H](C)O)C(=O)O. The van der Waals surface area contributed by atoms with E-state index in [1.807, 2.05) is 13.8 Å². The summed E-state index contributed by atoms with van der Waals surface area (Å²) in [5, 5.41) is 24.1. The second-order valence-corrected chi connectivity index (χ2v) is 8.22. The molecule has 1 aliphatic rings. The van der Waals surface area contributed by atoms with Gasteiger partial charge < -0.3 is 37.2 Å². The number of rotatable bonds is 11. The Morgan fingerprint density at radius 1 is 1.13 bits per heavy atom. The first kappa shape index (κ1) is 26.3. The normalized spacial score (nSPS) is 19.9. The number of hydrogen-bond donors (Lipinski definition) is 6. The first-order valence-electron chi connectivity index (χ1n) is 10.2. The van der Waals surface area contributed by atoms with Crippen molar-refractivity contribution >= 4 is 29.6 Å². The van der Waals surface area contributed by atoms with E-state index in [9.17, 15) is 34.2 Å². The highest BCUT2D eigenvalue weighted by Crippen LogP contribution is 2.20. The molecule has 31 heavy (non-hydrogen) atoms. The van der Waals surface area contributed by atoms with Crippen molar-refractivity contribution in [3.63, 3.8) is 0 Å². The molecule has 0 aliphatic carbocycles. The van der Waals surface area contributed by atoms with Crippen molar-refractivity contribution in [1.82, 2.24) is 15.5 Å². The van der Waals surface area contributed by atoms with Crippen molar-refractivity contribution in [3.05, 3.63) is 0 Å². The van der Waals surface area contributed by atoms with Crippen LogP contribution < -0.4 is 22.1 Å². The molecule has 12 heteroatoms. The fourth-order valence-corrected chi connectivity index (χ4v) is 3.40. The van der Waals surface area contributed by atoms with Crippen molar-refractivity contribution in [3.8, 4) is 0 Å². The second kappa shape index (κ2) is 11.6. The lowest BCUT2D eigenvalue weighted by molar-refractivity contribution is -0.146. The van der Waals surface area contributed by atoms with E-state index in [1.165, 1.54) is 11.8 Å². The molecule has 1 fully saturated rings. The Kier molecular flexibility index (Phi) is 9.85. The van der Waals surface area contributed by atoms with Gasteiger partial charge in [0.25, 0.3) is 0 Å². The molecule has 0 aromatic rings. The average Bonchev–Trinajstić information content (AvgIpc) is 3.13. The molecule has 1 heterocycles. The fraction of sp³-hybridized carbons (Fsp3) is 0.737. The molecular formula is C19H33N5O7. The number of carboxylic acid groups (broad SMARTS) is 1. The van der Waals surface area contributed by atoms with Crippen LogP contribution in [0, 0.1) is 5.92 Å². The summed E-state index contributed by atoms with van der Waals surface area (Å²) in [5.41, 5.74) is 10.6. The van der Waals surface area contributed by atoms with Crippen molar-refractivity contribution in [2.24, 2.45) is 17.4 Å². The highest BCUT2D eigenvalue weighted by atomic mass is 16.4. The van der Waals surface area contributed by atoms with Gasteiger partial charge in [0.2, 0.25) is 23.6 Å². The lowest BCUT2D eigenvalue weighted by atomic mass is 10.0. The Balaban J connectivity index is 2.92. The molecule has 0 bridgehead atoms. The van der Waals surface area contributed by atoms with Gasteiger partial charge in [-0.2, -0.15) is 0 Å². The summed E-state index contributed by atoms with van der Waals surface area (Å²) in [4.78, 5) is 61.5. The zero-order valence-electron chi connectivity index (χ0n) is 18.0. The van der Waals surface area contributed by atoms with Crippen LogP contribution in [0.5, 0.6) is 0 Å². The van der Waals surface area contributed by atoms with Crippen molar-refractivity contribution in [2.75, 3.05) is 6.54 Å². The predicted molar refractivity (Wildman–Crippen MR) is 109 cm³/mol. The van der Waals surface area contributed by atoms with Gasteiger partial charge >= 0.3 is 5.97 Å². The number of nitrogens with one attached hydrogen (secondary N) is 2. The molecule has 5 atom stereocenters. The first-order chi connectivity index (χ1) is 14.3. The van der Waals surface area contributed by atoms with Crippen molar-refractivity contribution < 1.29 is 34.2 Å². The number of hydrogen-bond acceptors (Lipinski definition) is 7. The number of aliphatic carboxylic acids is 1. The molecule has 1 rings (SSSR count). The minimum Gasteiger partial charge on any atom is -0.480 e. The number of amides is 4. The maximum atomic E-state index is 13.0. The smallest absolute Gasteiger partial charge is 0.326 e. The van der Waals surface area contributed by atoms with E-state index in [2.05, 4.69) is 10.6 Å². The molecule has 0 aromatic heterocycles. The van der Waals surface area contributed by atoms with Crippen LogP contribution in [0.25, 0.3) is 0 Å². The van der Waals surface area contributed by atoms with E-state index in [1.54, 1.807) is 0 Å². The number of primary amides is 1. The highest BCUT2D eigenvalue weighted by Gasteiger charge is 2.40. The molecule has 1 saturated heterocycles. The summed E-state index contributed by atoms with van der Waals surface area (Å²) < 4.78 is 0. The Morgan fingerprint density at radius 2 is 1.74 bits per heavy atom. The third-order valence-corrected chi connectivity index (χ3v) is 4.96.